The Hall–Kier alpha value is -3.28. The van der Waals surface area contributed by atoms with Gasteiger partial charge in [0.25, 0.3) is 0 Å². The van der Waals surface area contributed by atoms with E-state index in [-0.39, 0.29) is 24.4 Å². The zero-order valence-electron chi connectivity index (χ0n) is 14.1. The van der Waals surface area contributed by atoms with Crippen LogP contribution in [0.15, 0.2) is 60.7 Å². The highest BCUT2D eigenvalue weighted by Gasteiger charge is 2.13. The predicted octanol–water partition coefficient (Wildman–Crippen LogP) is 2.62. The third-order valence-corrected chi connectivity index (χ3v) is 3.43. The van der Waals surface area contributed by atoms with Gasteiger partial charge in [-0.2, -0.15) is 0 Å². The molecule has 0 N–H and O–H groups in total. The lowest BCUT2D eigenvalue weighted by Gasteiger charge is -2.05. The van der Waals surface area contributed by atoms with Crippen molar-refractivity contribution >= 4 is 23.5 Å². The van der Waals surface area contributed by atoms with Crippen LogP contribution in [0.2, 0.25) is 0 Å². The van der Waals surface area contributed by atoms with Gasteiger partial charge in [0.05, 0.1) is 11.1 Å². The fourth-order valence-electron chi connectivity index (χ4n) is 2.03. The Balaban J connectivity index is 1.65. The van der Waals surface area contributed by atoms with Crippen LogP contribution in [0.3, 0.4) is 0 Å². The minimum atomic E-state index is -0.595. The van der Waals surface area contributed by atoms with E-state index in [0.29, 0.717) is 11.1 Å². The molecule has 2 aromatic carbocycles. The van der Waals surface area contributed by atoms with Crippen molar-refractivity contribution in [3.8, 4) is 0 Å². The summed E-state index contributed by atoms with van der Waals surface area (Å²) >= 11 is 0. The molecule has 0 spiro atoms. The molecule has 0 aromatic heterocycles. The molecule has 0 aliphatic carbocycles. The fraction of sp³-hybridized carbons (Fsp3) is 0.200. The molecule has 26 heavy (non-hydrogen) atoms. The summed E-state index contributed by atoms with van der Waals surface area (Å²) in [5, 5.41) is 0. The van der Waals surface area contributed by atoms with E-state index in [2.05, 4.69) is 0 Å². The van der Waals surface area contributed by atoms with Crippen LogP contribution in [0.5, 0.6) is 0 Å². The van der Waals surface area contributed by atoms with Crippen LogP contribution in [0, 0.1) is 0 Å². The maximum Gasteiger partial charge on any atom is 0.338 e. The van der Waals surface area contributed by atoms with Crippen molar-refractivity contribution in [3.05, 3.63) is 71.8 Å². The normalized spacial score (nSPS) is 10.0. The Bertz CT molecular complexity index is 700. The summed E-state index contributed by atoms with van der Waals surface area (Å²) in [6, 6.07) is 16.6. The van der Waals surface area contributed by atoms with Gasteiger partial charge in [-0.1, -0.05) is 36.4 Å². The second kappa shape index (κ2) is 9.88. The molecular weight excluding hydrogens is 336 g/mol. The number of esters is 2. The van der Waals surface area contributed by atoms with E-state index in [4.69, 9.17) is 9.47 Å². The number of ketones is 2. The lowest BCUT2D eigenvalue weighted by Crippen LogP contribution is -2.18. The number of Topliss-reactive ketones (excluding diaryl/α,β-unsaturated/α-hetero) is 2. The van der Waals surface area contributed by atoms with Gasteiger partial charge in [-0.15, -0.1) is 0 Å². The van der Waals surface area contributed by atoms with Crippen LogP contribution in [0.1, 0.15) is 33.6 Å². The maximum atomic E-state index is 11.7. The molecule has 0 heterocycles. The van der Waals surface area contributed by atoms with Gasteiger partial charge in [0.15, 0.2) is 11.6 Å². The number of rotatable bonds is 9. The van der Waals surface area contributed by atoms with E-state index < -0.39 is 25.2 Å². The summed E-state index contributed by atoms with van der Waals surface area (Å²) in [5.74, 6) is -1.95. The van der Waals surface area contributed by atoms with Gasteiger partial charge in [-0.05, 0) is 24.3 Å². The van der Waals surface area contributed by atoms with Gasteiger partial charge < -0.3 is 9.47 Å². The van der Waals surface area contributed by atoms with Crippen LogP contribution in [0.25, 0.3) is 0 Å². The minimum Gasteiger partial charge on any atom is -0.454 e. The number of carbonyl (C=O) groups excluding carboxylic acids is 4. The summed E-state index contributed by atoms with van der Waals surface area (Å²) in [4.78, 5) is 46.8. The van der Waals surface area contributed by atoms with Crippen molar-refractivity contribution in [2.45, 2.75) is 12.8 Å². The Morgan fingerprint density at radius 1 is 0.577 bits per heavy atom. The SMILES string of the molecule is O=C(CCC(=O)COC(=O)c1ccccc1)COC(=O)c1ccccc1. The molecule has 0 bridgehead atoms. The maximum absolute atomic E-state index is 11.7. The Kier molecular flexibility index (Phi) is 7.24. The van der Waals surface area contributed by atoms with Crippen molar-refractivity contribution in [1.29, 1.82) is 0 Å². The Labute approximate surface area is 150 Å². The lowest BCUT2D eigenvalue weighted by molar-refractivity contribution is -0.127. The van der Waals surface area contributed by atoms with Gasteiger partial charge in [0, 0.05) is 12.8 Å². The average molecular weight is 354 g/mol. The smallest absolute Gasteiger partial charge is 0.338 e. The number of hydrogen-bond acceptors (Lipinski definition) is 6. The van der Waals surface area contributed by atoms with Crippen molar-refractivity contribution in [2.24, 2.45) is 0 Å². The molecule has 0 fully saturated rings. The van der Waals surface area contributed by atoms with E-state index in [9.17, 15) is 19.2 Å². The molecule has 0 radical (unpaired) electrons. The molecule has 0 unspecified atom stereocenters. The molecule has 0 saturated carbocycles. The van der Waals surface area contributed by atoms with Gasteiger partial charge in [-0.3, -0.25) is 9.59 Å². The molecule has 0 atom stereocenters. The quantitative estimate of drug-likeness (QED) is 0.644. The lowest BCUT2D eigenvalue weighted by atomic mass is 10.1. The highest BCUT2D eigenvalue weighted by molar-refractivity contribution is 5.94. The van der Waals surface area contributed by atoms with Gasteiger partial charge in [0.2, 0.25) is 0 Å². The molecule has 2 aromatic rings. The van der Waals surface area contributed by atoms with Crippen LogP contribution in [-0.2, 0) is 19.1 Å². The molecule has 2 rings (SSSR count). The summed E-state index contributed by atoms with van der Waals surface area (Å²) in [5.41, 5.74) is 0.702. The Morgan fingerprint density at radius 2 is 0.923 bits per heavy atom. The fourth-order valence-corrected chi connectivity index (χ4v) is 2.03. The summed E-state index contributed by atoms with van der Waals surface area (Å²) in [6.07, 6.45) is -0.159. The molecule has 6 heteroatoms. The van der Waals surface area contributed by atoms with Gasteiger partial charge in [0.1, 0.15) is 13.2 Å². The second-order valence-electron chi connectivity index (χ2n) is 5.46. The van der Waals surface area contributed by atoms with Crippen LogP contribution in [0.4, 0.5) is 0 Å². The van der Waals surface area contributed by atoms with Gasteiger partial charge >= 0.3 is 11.9 Å². The number of hydrogen-bond donors (Lipinski definition) is 0. The van der Waals surface area contributed by atoms with E-state index in [1.54, 1.807) is 60.7 Å². The highest BCUT2D eigenvalue weighted by Crippen LogP contribution is 2.04. The third-order valence-electron chi connectivity index (χ3n) is 3.43. The van der Waals surface area contributed by atoms with E-state index in [1.807, 2.05) is 0 Å². The first-order valence-corrected chi connectivity index (χ1v) is 8.04. The summed E-state index contributed by atoms with van der Waals surface area (Å²) < 4.78 is 9.79. The van der Waals surface area contributed by atoms with Crippen molar-refractivity contribution in [1.82, 2.24) is 0 Å². The van der Waals surface area contributed by atoms with Crippen LogP contribution in [-0.4, -0.2) is 36.7 Å². The monoisotopic (exact) mass is 354 g/mol. The highest BCUT2D eigenvalue weighted by atomic mass is 16.5. The molecule has 6 nitrogen and oxygen atoms in total. The van der Waals surface area contributed by atoms with Crippen molar-refractivity contribution in [3.63, 3.8) is 0 Å². The first kappa shape index (κ1) is 19.1. The molecule has 0 aliphatic rings. The zero-order valence-corrected chi connectivity index (χ0v) is 14.1. The molecular formula is C20H18O6. The van der Waals surface area contributed by atoms with E-state index in [1.165, 1.54) is 0 Å². The molecule has 0 aliphatic heterocycles. The second-order valence-corrected chi connectivity index (χ2v) is 5.46. The predicted molar refractivity (Wildman–Crippen MR) is 92.7 cm³/mol. The minimum absolute atomic E-state index is 0.0796. The molecule has 134 valence electrons. The standard InChI is InChI=1S/C20H18O6/c21-17(13-25-19(23)15-7-3-1-4-8-15)11-12-18(22)14-26-20(24)16-9-5-2-6-10-16/h1-10H,11-14H2. The van der Waals surface area contributed by atoms with Crippen LogP contribution < -0.4 is 0 Å². The van der Waals surface area contributed by atoms with Crippen molar-refractivity contribution in [2.75, 3.05) is 13.2 Å². The van der Waals surface area contributed by atoms with E-state index >= 15 is 0 Å². The molecule has 0 saturated heterocycles. The first-order valence-electron chi connectivity index (χ1n) is 8.04. The van der Waals surface area contributed by atoms with Gasteiger partial charge in [-0.25, -0.2) is 9.59 Å². The number of carbonyl (C=O) groups is 4. The molecule has 0 amide bonds. The van der Waals surface area contributed by atoms with Crippen molar-refractivity contribution < 1.29 is 28.7 Å². The largest absolute Gasteiger partial charge is 0.454 e. The topological polar surface area (TPSA) is 86.7 Å². The Morgan fingerprint density at radius 3 is 1.27 bits per heavy atom. The average Bonchev–Trinajstić information content (AvgIpc) is 2.69. The zero-order chi connectivity index (χ0) is 18.8. The van der Waals surface area contributed by atoms with Crippen LogP contribution >= 0.6 is 0 Å². The summed E-state index contributed by atoms with van der Waals surface area (Å²) in [7, 11) is 0. The third kappa shape index (κ3) is 6.32. The van der Waals surface area contributed by atoms with E-state index in [0.717, 1.165) is 0 Å². The number of ether oxygens (including phenoxy) is 2. The first-order chi connectivity index (χ1) is 12.6. The summed E-state index contributed by atoms with van der Waals surface area (Å²) in [6.45, 7) is -0.796. The number of benzene rings is 2.